The first kappa shape index (κ1) is 21.1. The molecule has 1 aromatic carbocycles. The van der Waals surface area contributed by atoms with Crippen LogP contribution < -0.4 is 10.0 Å². The zero-order valence-corrected chi connectivity index (χ0v) is 15.5. The van der Waals surface area contributed by atoms with Gasteiger partial charge >= 0.3 is 6.18 Å². The molecule has 0 aliphatic heterocycles. The number of halogens is 4. The number of hydrogen-bond donors (Lipinski definition) is 2. The van der Waals surface area contributed by atoms with E-state index in [-0.39, 0.29) is 13.0 Å². The van der Waals surface area contributed by atoms with Crippen LogP contribution in [0, 0.1) is 6.92 Å². The number of pyridine rings is 1. The Bertz CT molecular complexity index is 949. The maximum atomic E-state index is 12.9. The summed E-state index contributed by atoms with van der Waals surface area (Å²) in [7, 11) is -4.24. The van der Waals surface area contributed by atoms with Crippen molar-refractivity contribution >= 4 is 33.3 Å². The molecule has 0 fully saturated rings. The molecule has 6 nitrogen and oxygen atoms in total. The van der Waals surface area contributed by atoms with E-state index >= 15 is 0 Å². The number of anilines is 1. The molecule has 0 aliphatic carbocycles. The molecule has 0 saturated heterocycles. The zero-order valence-electron chi connectivity index (χ0n) is 14.0. The van der Waals surface area contributed by atoms with Crippen molar-refractivity contribution in [1.82, 2.24) is 9.71 Å². The van der Waals surface area contributed by atoms with E-state index in [0.717, 1.165) is 17.7 Å². The topological polar surface area (TPSA) is 88.2 Å². The van der Waals surface area contributed by atoms with Gasteiger partial charge in [0.25, 0.3) is 0 Å². The molecule has 2 N–H and O–H groups in total. The van der Waals surface area contributed by atoms with Crippen molar-refractivity contribution in [2.24, 2.45) is 0 Å². The van der Waals surface area contributed by atoms with Gasteiger partial charge in [0, 0.05) is 19.2 Å². The van der Waals surface area contributed by atoms with Crippen LogP contribution in [0.3, 0.4) is 0 Å². The molecule has 1 heterocycles. The fourth-order valence-corrected chi connectivity index (χ4v) is 3.36. The maximum absolute atomic E-state index is 12.9. The largest absolute Gasteiger partial charge is 0.417 e. The number of nitrogens with one attached hydrogen (secondary N) is 2. The van der Waals surface area contributed by atoms with Gasteiger partial charge < -0.3 is 5.32 Å². The number of carbonyl (C=O) groups is 1. The molecule has 0 unspecified atom stereocenters. The summed E-state index contributed by atoms with van der Waals surface area (Å²) in [5, 5.41) is 1.89. The van der Waals surface area contributed by atoms with Crippen molar-refractivity contribution < 1.29 is 26.4 Å². The minimum absolute atomic E-state index is 0.228. The summed E-state index contributed by atoms with van der Waals surface area (Å²) < 4.78 is 64.9. The van der Waals surface area contributed by atoms with Crippen molar-refractivity contribution in [3.05, 3.63) is 52.7 Å². The van der Waals surface area contributed by atoms with Crippen LogP contribution >= 0.6 is 11.6 Å². The molecule has 146 valence electrons. The van der Waals surface area contributed by atoms with Gasteiger partial charge in [0.1, 0.15) is 5.82 Å². The first-order chi connectivity index (χ1) is 12.5. The SMILES string of the molecule is Cc1ccnc(NC(=O)CCNS(=O)(=O)c2ccc(Cl)c(C(F)(F)F)c2)c1. The molecule has 11 heteroatoms. The molecule has 2 rings (SSSR count). The molecule has 2 aromatic rings. The lowest BCUT2D eigenvalue weighted by Gasteiger charge is -2.12. The number of aromatic nitrogens is 1. The number of hydrogen-bond acceptors (Lipinski definition) is 4. The summed E-state index contributed by atoms with van der Waals surface area (Å²) in [6.45, 7) is 1.51. The van der Waals surface area contributed by atoms with E-state index in [2.05, 4.69) is 15.0 Å². The minimum Gasteiger partial charge on any atom is -0.311 e. The van der Waals surface area contributed by atoms with Crippen LogP contribution in [0.15, 0.2) is 41.4 Å². The van der Waals surface area contributed by atoms with Gasteiger partial charge in [0.15, 0.2) is 0 Å². The van der Waals surface area contributed by atoms with Gasteiger partial charge in [-0.1, -0.05) is 11.6 Å². The lowest BCUT2D eigenvalue weighted by Crippen LogP contribution is -2.28. The molecule has 0 aliphatic rings. The fraction of sp³-hybridized carbons (Fsp3) is 0.250. The highest BCUT2D eigenvalue weighted by Gasteiger charge is 2.34. The van der Waals surface area contributed by atoms with E-state index in [1.165, 1.54) is 6.20 Å². The Morgan fingerprint density at radius 2 is 1.93 bits per heavy atom. The molecule has 27 heavy (non-hydrogen) atoms. The van der Waals surface area contributed by atoms with Gasteiger partial charge in [-0.3, -0.25) is 4.79 Å². The number of sulfonamides is 1. The number of aryl methyl sites for hydroxylation is 1. The number of amides is 1. The Morgan fingerprint density at radius 3 is 2.56 bits per heavy atom. The summed E-state index contributed by atoms with van der Waals surface area (Å²) in [4.78, 5) is 15.2. The predicted octanol–water partition coefficient (Wildman–Crippen LogP) is 3.37. The Hall–Kier alpha value is -2.17. The standard InChI is InChI=1S/C16H15ClF3N3O3S/c1-10-4-6-21-14(8-10)23-15(24)5-7-22-27(25,26)11-2-3-13(17)12(9-11)16(18,19)20/h2-4,6,8-9,22H,5,7H2,1H3,(H,21,23,24). The van der Waals surface area contributed by atoms with E-state index in [9.17, 15) is 26.4 Å². The molecule has 0 atom stereocenters. The maximum Gasteiger partial charge on any atom is 0.417 e. The van der Waals surface area contributed by atoms with Gasteiger partial charge in [0.2, 0.25) is 15.9 Å². The number of carbonyl (C=O) groups excluding carboxylic acids is 1. The third-order valence-electron chi connectivity index (χ3n) is 3.38. The van der Waals surface area contributed by atoms with E-state index < -0.39 is 37.6 Å². The van der Waals surface area contributed by atoms with Crippen LogP contribution in [-0.4, -0.2) is 25.9 Å². The average Bonchev–Trinajstić information content (AvgIpc) is 2.53. The summed E-state index contributed by atoms with van der Waals surface area (Å²) in [6.07, 6.45) is -3.51. The van der Waals surface area contributed by atoms with Crippen molar-refractivity contribution in [3.8, 4) is 0 Å². The lowest BCUT2D eigenvalue weighted by molar-refractivity contribution is -0.137. The lowest BCUT2D eigenvalue weighted by atomic mass is 10.2. The van der Waals surface area contributed by atoms with Crippen molar-refractivity contribution in [1.29, 1.82) is 0 Å². The normalized spacial score (nSPS) is 12.0. The number of alkyl halides is 3. The molecule has 0 bridgehead atoms. The Morgan fingerprint density at radius 1 is 1.22 bits per heavy atom. The van der Waals surface area contributed by atoms with E-state index in [1.54, 1.807) is 12.1 Å². The zero-order chi connectivity index (χ0) is 20.2. The van der Waals surface area contributed by atoms with Gasteiger partial charge in [-0.05, 0) is 42.8 Å². The number of nitrogens with zero attached hydrogens (tertiary/aromatic N) is 1. The summed E-state index contributed by atoms with van der Waals surface area (Å²) in [6, 6.07) is 5.63. The van der Waals surface area contributed by atoms with Crippen LogP contribution in [0.5, 0.6) is 0 Å². The third kappa shape index (κ3) is 5.91. The van der Waals surface area contributed by atoms with Crippen LogP contribution in [0.4, 0.5) is 19.0 Å². The quantitative estimate of drug-likeness (QED) is 0.748. The highest BCUT2D eigenvalue weighted by atomic mass is 35.5. The number of rotatable bonds is 6. The van der Waals surface area contributed by atoms with Gasteiger partial charge in [0.05, 0.1) is 15.5 Å². The van der Waals surface area contributed by atoms with Gasteiger partial charge in [-0.15, -0.1) is 0 Å². The van der Waals surface area contributed by atoms with Crippen LogP contribution in [0.2, 0.25) is 5.02 Å². The molecule has 1 amide bonds. The minimum atomic E-state index is -4.79. The summed E-state index contributed by atoms with van der Waals surface area (Å²) in [5.41, 5.74) is -0.375. The second kappa shape index (κ2) is 8.24. The highest BCUT2D eigenvalue weighted by Crippen LogP contribution is 2.35. The highest BCUT2D eigenvalue weighted by molar-refractivity contribution is 7.89. The van der Waals surface area contributed by atoms with Crippen LogP contribution in [0.25, 0.3) is 0 Å². The second-order valence-corrected chi connectivity index (χ2v) is 7.73. The fourth-order valence-electron chi connectivity index (χ4n) is 2.08. The van der Waals surface area contributed by atoms with E-state index in [0.29, 0.717) is 11.9 Å². The molecule has 0 radical (unpaired) electrons. The van der Waals surface area contributed by atoms with E-state index in [4.69, 9.17) is 11.6 Å². The second-order valence-electron chi connectivity index (χ2n) is 5.55. The molecule has 0 spiro atoms. The Kier molecular flexibility index (Phi) is 6.45. The number of benzene rings is 1. The Labute approximate surface area is 158 Å². The van der Waals surface area contributed by atoms with Gasteiger partial charge in [-0.2, -0.15) is 13.2 Å². The molecular weight excluding hydrogens is 407 g/mol. The first-order valence-corrected chi connectivity index (χ1v) is 9.44. The first-order valence-electron chi connectivity index (χ1n) is 7.58. The van der Waals surface area contributed by atoms with Crippen molar-refractivity contribution in [2.45, 2.75) is 24.4 Å². The van der Waals surface area contributed by atoms with Crippen LogP contribution in [-0.2, 0) is 21.0 Å². The van der Waals surface area contributed by atoms with Crippen LogP contribution in [0.1, 0.15) is 17.5 Å². The smallest absolute Gasteiger partial charge is 0.311 e. The molecule has 1 aromatic heterocycles. The predicted molar refractivity (Wildman–Crippen MR) is 93.9 cm³/mol. The average molecular weight is 422 g/mol. The third-order valence-corrected chi connectivity index (χ3v) is 5.17. The van der Waals surface area contributed by atoms with Crippen molar-refractivity contribution in [2.75, 3.05) is 11.9 Å². The summed E-state index contributed by atoms with van der Waals surface area (Å²) in [5.74, 6) is -0.182. The molecule has 0 saturated carbocycles. The van der Waals surface area contributed by atoms with E-state index in [1.807, 2.05) is 6.92 Å². The summed E-state index contributed by atoms with van der Waals surface area (Å²) >= 11 is 5.47. The molecular formula is C16H15ClF3N3O3S. The monoisotopic (exact) mass is 421 g/mol. The Balaban J connectivity index is 2.00. The van der Waals surface area contributed by atoms with Crippen molar-refractivity contribution in [3.63, 3.8) is 0 Å². The van der Waals surface area contributed by atoms with Gasteiger partial charge in [-0.25, -0.2) is 18.1 Å².